The van der Waals surface area contributed by atoms with Crippen molar-refractivity contribution in [1.29, 1.82) is 0 Å². The number of ether oxygens (including phenoxy) is 2. The van der Waals surface area contributed by atoms with Crippen molar-refractivity contribution in [3.63, 3.8) is 0 Å². The van der Waals surface area contributed by atoms with Crippen molar-refractivity contribution in [2.45, 2.75) is 19.1 Å². The maximum Gasteiger partial charge on any atom is 0.303 e. The Balaban J connectivity index is 1.94. The molecule has 1 aromatic carbocycles. The van der Waals surface area contributed by atoms with Gasteiger partial charge in [-0.1, -0.05) is 0 Å². The first-order valence-electron chi connectivity index (χ1n) is 7.03. The summed E-state index contributed by atoms with van der Waals surface area (Å²) in [5, 5.41) is 0. The van der Waals surface area contributed by atoms with Gasteiger partial charge in [0.05, 0.1) is 7.11 Å². The summed E-state index contributed by atoms with van der Waals surface area (Å²) in [6.45, 7) is 1.27. The van der Waals surface area contributed by atoms with Crippen LogP contribution in [0.1, 0.15) is 18.8 Å². The van der Waals surface area contributed by atoms with E-state index in [1.54, 1.807) is 49.8 Å². The number of rotatable bonds is 4. The lowest BCUT2D eigenvalue weighted by molar-refractivity contribution is -0.161. The van der Waals surface area contributed by atoms with Crippen molar-refractivity contribution < 1.29 is 19.1 Å². The normalized spacial score (nSPS) is 19.9. The summed E-state index contributed by atoms with van der Waals surface area (Å²) >= 11 is 0. The fraction of sp³-hybridized carbons (Fsp3) is 0.250. The standard InChI is InChI=1S/C16H15N3O4/c1-10(20)23-14-13(15-17-8-3-9-18-15)19(16(14)21)11-4-6-12(22-2)7-5-11/h3-9,13-14H,1-2H3/t13-,14-/m0/s1. The molecule has 1 amide bonds. The Bertz CT molecular complexity index is 718. The average Bonchev–Trinajstić information content (AvgIpc) is 2.58. The molecule has 23 heavy (non-hydrogen) atoms. The first-order chi connectivity index (χ1) is 11.1. The van der Waals surface area contributed by atoms with Gasteiger partial charge >= 0.3 is 5.97 Å². The third-order valence-corrected chi connectivity index (χ3v) is 3.54. The van der Waals surface area contributed by atoms with Crippen LogP contribution in [-0.2, 0) is 14.3 Å². The Labute approximate surface area is 132 Å². The second kappa shape index (κ2) is 6.04. The zero-order valence-corrected chi connectivity index (χ0v) is 12.7. The van der Waals surface area contributed by atoms with Gasteiger partial charge in [0, 0.05) is 25.0 Å². The second-order valence-corrected chi connectivity index (χ2v) is 4.99. The molecule has 0 unspecified atom stereocenters. The molecule has 1 aliphatic rings. The van der Waals surface area contributed by atoms with Gasteiger partial charge in [-0.05, 0) is 30.3 Å². The van der Waals surface area contributed by atoms with Crippen LogP contribution >= 0.6 is 0 Å². The highest BCUT2D eigenvalue weighted by molar-refractivity contribution is 6.05. The number of nitrogens with zero attached hydrogens (tertiary/aromatic N) is 3. The molecular weight excluding hydrogens is 298 g/mol. The number of benzene rings is 1. The van der Waals surface area contributed by atoms with Gasteiger partial charge in [0.25, 0.3) is 5.91 Å². The zero-order chi connectivity index (χ0) is 16.4. The van der Waals surface area contributed by atoms with Gasteiger partial charge in [-0.25, -0.2) is 9.97 Å². The first-order valence-corrected chi connectivity index (χ1v) is 7.03. The van der Waals surface area contributed by atoms with Gasteiger partial charge in [-0.15, -0.1) is 0 Å². The smallest absolute Gasteiger partial charge is 0.303 e. The molecule has 2 heterocycles. The van der Waals surface area contributed by atoms with Crippen molar-refractivity contribution >= 4 is 17.6 Å². The van der Waals surface area contributed by atoms with Gasteiger partial charge in [-0.2, -0.15) is 0 Å². The van der Waals surface area contributed by atoms with Crippen LogP contribution in [0.5, 0.6) is 5.75 Å². The molecule has 0 radical (unpaired) electrons. The average molecular weight is 313 g/mol. The van der Waals surface area contributed by atoms with E-state index >= 15 is 0 Å². The van der Waals surface area contributed by atoms with Crippen molar-refractivity contribution in [1.82, 2.24) is 9.97 Å². The third-order valence-electron chi connectivity index (χ3n) is 3.54. The van der Waals surface area contributed by atoms with Gasteiger partial charge in [-0.3, -0.25) is 14.5 Å². The largest absolute Gasteiger partial charge is 0.497 e. The van der Waals surface area contributed by atoms with Gasteiger partial charge < -0.3 is 9.47 Å². The van der Waals surface area contributed by atoms with E-state index in [2.05, 4.69) is 9.97 Å². The first kappa shape index (κ1) is 15.0. The summed E-state index contributed by atoms with van der Waals surface area (Å²) in [5.74, 6) is 0.293. The van der Waals surface area contributed by atoms with Crippen LogP contribution in [0.15, 0.2) is 42.7 Å². The van der Waals surface area contributed by atoms with E-state index in [1.165, 1.54) is 11.8 Å². The number of aromatic nitrogens is 2. The van der Waals surface area contributed by atoms with Crippen molar-refractivity contribution in [2.24, 2.45) is 0 Å². The molecule has 0 saturated carbocycles. The Kier molecular flexibility index (Phi) is 3.92. The van der Waals surface area contributed by atoms with Crippen LogP contribution in [0.4, 0.5) is 5.69 Å². The van der Waals surface area contributed by atoms with Crippen LogP contribution in [0.3, 0.4) is 0 Å². The molecule has 118 valence electrons. The van der Waals surface area contributed by atoms with Crippen LogP contribution in [0, 0.1) is 0 Å². The molecule has 7 nitrogen and oxygen atoms in total. The molecule has 0 bridgehead atoms. The fourth-order valence-electron chi connectivity index (χ4n) is 2.50. The van der Waals surface area contributed by atoms with E-state index in [0.29, 0.717) is 17.3 Å². The van der Waals surface area contributed by atoms with Gasteiger partial charge in [0.2, 0.25) is 6.10 Å². The minimum Gasteiger partial charge on any atom is -0.497 e. The SMILES string of the molecule is COc1ccc(N2C(=O)[C@@H](OC(C)=O)[C@H]2c2ncccn2)cc1. The molecule has 1 fully saturated rings. The molecule has 0 aliphatic carbocycles. The molecular formula is C16H15N3O4. The maximum absolute atomic E-state index is 12.4. The Morgan fingerprint density at radius 3 is 2.39 bits per heavy atom. The van der Waals surface area contributed by atoms with Gasteiger partial charge in [0.15, 0.2) is 5.82 Å². The van der Waals surface area contributed by atoms with E-state index in [4.69, 9.17) is 9.47 Å². The number of hydrogen-bond donors (Lipinski definition) is 0. The number of methoxy groups -OCH3 is 1. The quantitative estimate of drug-likeness (QED) is 0.628. The lowest BCUT2D eigenvalue weighted by Crippen LogP contribution is -2.61. The van der Waals surface area contributed by atoms with Crippen molar-refractivity contribution in [3.05, 3.63) is 48.5 Å². The van der Waals surface area contributed by atoms with E-state index in [1.807, 2.05) is 0 Å². The molecule has 3 rings (SSSR count). The van der Waals surface area contributed by atoms with Crippen molar-refractivity contribution in [3.8, 4) is 5.75 Å². The van der Waals surface area contributed by atoms with E-state index in [0.717, 1.165) is 0 Å². The second-order valence-electron chi connectivity index (χ2n) is 4.99. The highest BCUT2D eigenvalue weighted by atomic mass is 16.6. The third kappa shape index (κ3) is 2.73. The number of anilines is 1. The summed E-state index contributed by atoms with van der Waals surface area (Å²) in [6.07, 6.45) is 2.27. The molecule has 1 saturated heterocycles. The van der Waals surface area contributed by atoms with Crippen LogP contribution < -0.4 is 9.64 Å². The highest BCUT2D eigenvalue weighted by Crippen LogP contribution is 2.39. The van der Waals surface area contributed by atoms with E-state index in [9.17, 15) is 9.59 Å². The summed E-state index contributed by atoms with van der Waals surface area (Å²) in [7, 11) is 1.57. The summed E-state index contributed by atoms with van der Waals surface area (Å²) in [4.78, 5) is 33.5. The monoisotopic (exact) mass is 313 g/mol. The number of esters is 1. The number of carbonyl (C=O) groups is 2. The Hall–Kier alpha value is -2.96. The van der Waals surface area contributed by atoms with Crippen LogP contribution in [0.25, 0.3) is 0 Å². The summed E-state index contributed by atoms with van der Waals surface area (Å²) in [6, 6.07) is 8.17. The summed E-state index contributed by atoms with van der Waals surface area (Å²) < 4.78 is 10.2. The van der Waals surface area contributed by atoms with Crippen LogP contribution in [0.2, 0.25) is 0 Å². The Morgan fingerprint density at radius 2 is 1.83 bits per heavy atom. The molecule has 2 aromatic rings. The van der Waals surface area contributed by atoms with Gasteiger partial charge in [0.1, 0.15) is 11.8 Å². The molecule has 1 aromatic heterocycles. The van der Waals surface area contributed by atoms with E-state index < -0.39 is 18.1 Å². The predicted octanol–water partition coefficient (Wildman–Crippen LogP) is 1.50. The topological polar surface area (TPSA) is 81.6 Å². The fourth-order valence-corrected chi connectivity index (χ4v) is 2.50. The lowest BCUT2D eigenvalue weighted by Gasteiger charge is -2.44. The van der Waals surface area contributed by atoms with E-state index in [-0.39, 0.29) is 5.91 Å². The highest BCUT2D eigenvalue weighted by Gasteiger charge is 2.53. The number of hydrogen-bond acceptors (Lipinski definition) is 6. The van der Waals surface area contributed by atoms with Crippen molar-refractivity contribution in [2.75, 3.05) is 12.0 Å². The molecule has 1 aliphatic heterocycles. The summed E-state index contributed by atoms with van der Waals surface area (Å²) in [5.41, 5.74) is 0.664. The number of amides is 1. The number of β-lactam (4-membered cyclic amide) rings is 1. The molecule has 0 spiro atoms. The molecule has 2 atom stereocenters. The Morgan fingerprint density at radius 1 is 1.17 bits per heavy atom. The molecule has 0 N–H and O–H groups in total. The lowest BCUT2D eigenvalue weighted by atomic mass is 9.95. The minimum atomic E-state index is -0.906. The zero-order valence-electron chi connectivity index (χ0n) is 12.7. The maximum atomic E-state index is 12.4. The predicted molar refractivity (Wildman–Crippen MR) is 80.8 cm³/mol. The van der Waals surface area contributed by atoms with Crippen LogP contribution in [-0.4, -0.2) is 35.1 Å². The number of carbonyl (C=O) groups excluding carboxylic acids is 2. The minimum absolute atomic E-state index is 0.303. The molecule has 7 heteroatoms.